The van der Waals surface area contributed by atoms with Gasteiger partial charge in [-0.25, -0.2) is 4.79 Å². The monoisotopic (exact) mass is 189 g/mol. The molecule has 0 saturated carbocycles. The van der Waals surface area contributed by atoms with E-state index in [9.17, 15) is 4.79 Å². The quantitative estimate of drug-likeness (QED) is 0.227. The van der Waals surface area contributed by atoms with Gasteiger partial charge in [-0.3, -0.25) is 4.99 Å². The molecule has 0 radical (unpaired) electrons. The number of nitrogens with two attached hydrogens (primary N) is 1. The lowest BCUT2D eigenvalue weighted by atomic mass is 10.2. The molecule has 6 heteroatoms. The minimum absolute atomic E-state index is 0.371. The van der Waals surface area contributed by atoms with Crippen molar-refractivity contribution in [2.24, 2.45) is 10.7 Å². The van der Waals surface area contributed by atoms with Crippen LogP contribution in [-0.2, 0) is 4.79 Å². The second-order valence-corrected chi connectivity index (χ2v) is 2.71. The normalized spacial score (nSPS) is 13.8. The first-order chi connectivity index (χ1) is 6.07. The number of rotatable bonds is 5. The molecule has 0 aromatic rings. The van der Waals surface area contributed by atoms with Crippen molar-refractivity contribution in [2.75, 3.05) is 13.6 Å². The Bertz CT molecular complexity index is 193. The molecule has 76 valence electrons. The topological polar surface area (TPSA) is 115 Å². The van der Waals surface area contributed by atoms with E-state index >= 15 is 0 Å². The van der Waals surface area contributed by atoms with E-state index in [1.54, 1.807) is 7.05 Å². The van der Waals surface area contributed by atoms with E-state index in [1.807, 2.05) is 0 Å². The Morgan fingerprint density at radius 3 is 2.85 bits per heavy atom. The molecule has 0 heterocycles. The lowest BCUT2D eigenvalue weighted by Crippen LogP contribution is -2.64. The van der Waals surface area contributed by atoms with Gasteiger partial charge in [0.25, 0.3) is 0 Å². The highest BCUT2D eigenvalue weighted by Crippen LogP contribution is 1.90. The Morgan fingerprint density at radius 1 is 1.77 bits per heavy atom. The largest absolute Gasteiger partial charge is 0.477 e. The zero-order valence-electron chi connectivity index (χ0n) is 7.79. The number of aliphatic imine (C=N–C) groups is 1. The van der Waals surface area contributed by atoms with E-state index in [0.29, 0.717) is 18.9 Å². The molecular formula is C7H17N4O2+. The van der Waals surface area contributed by atoms with E-state index in [4.69, 9.17) is 10.8 Å². The van der Waals surface area contributed by atoms with Gasteiger partial charge in [0.1, 0.15) is 0 Å². The summed E-state index contributed by atoms with van der Waals surface area (Å²) in [7, 11) is 1.59. The summed E-state index contributed by atoms with van der Waals surface area (Å²) in [6.45, 7) is 0.627. The fourth-order valence-corrected chi connectivity index (χ4v) is 0.767. The molecule has 1 atom stereocenters. The molecule has 0 aliphatic carbocycles. The summed E-state index contributed by atoms with van der Waals surface area (Å²) in [4.78, 5) is 14.0. The molecule has 0 spiro atoms. The van der Waals surface area contributed by atoms with Crippen LogP contribution in [0.1, 0.15) is 12.8 Å². The van der Waals surface area contributed by atoms with Crippen LogP contribution in [0.3, 0.4) is 0 Å². The molecule has 6 nitrogen and oxygen atoms in total. The molecule has 0 bridgehead atoms. The highest BCUT2D eigenvalue weighted by atomic mass is 16.4. The third kappa shape index (κ3) is 5.92. The van der Waals surface area contributed by atoms with E-state index in [1.165, 1.54) is 0 Å². The first-order valence-corrected chi connectivity index (χ1v) is 4.10. The van der Waals surface area contributed by atoms with Crippen LogP contribution in [0, 0.1) is 0 Å². The average Bonchev–Trinajstić information content (AvgIpc) is 2.11. The lowest BCUT2D eigenvalue weighted by Gasteiger charge is -2.05. The number of hydrogen-bond acceptors (Lipinski definition) is 2. The predicted molar refractivity (Wildman–Crippen MR) is 49.1 cm³/mol. The van der Waals surface area contributed by atoms with Crippen LogP contribution in [0.4, 0.5) is 0 Å². The van der Waals surface area contributed by atoms with Crippen molar-refractivity contribution in [2.45, 2.75) is 18.9 Å². The third-order valence-electron chi connectivity index (χ3n) is 1.63. The second-order valence-electron chi connectivity index (χ2n) is 2.71. The van der Waals surface area contributed by atoms with Crippen LogP contribution < -0.4 is 16.8 Å². The first-order valence-electron chi connectivity index (χ1n) is 4.10. The third-order valence-corrected chi connectivity index (χ3v) is 1.63. The standard InChI is InChI=1S/C7H16N4O2/c1-10-7(9)11-4-2-3-5(8)6(12)13/h5H,2-4,8H2,1H3,(H,12,13)(H3,9,10,11)/p+1/t5-/m1/s1. The van der Waals surface area contributed by atoms with Crippen LogP contribution in [-0.4, -0.2) is 36.7 Å². The van der Waals surface area contributed by atoms with Crippen molar-refractivity contribution in [3.63, 3.8) is 0 Å². The van der Waals surface area contributed by atoms with Crippen LogP contribution in [0.25, 0.3) is 0 Å². The zero-order chi connectivity index (χ0) is 10.3. The molecule has 0 aromatic carbocycles. The highest BCUT2D eigenvalue weighted by Gasteiger charge is 2.13. The second kappa shape index (κ2) is 6.24. The molecular weight excluding hydrogens is 172 g/mol. The van der Waals surface area contributed by atoms with Gasteiger partial charge in [0.15, 0.2) is 12.0 Å². The number of guanidine groups is 1. The maximum absolute atomic E-state index is 10.4. The predicted octanol–water partition coefficient (Wildman–Crippen LogP) is -2.00. The van der Waals surface area contributed by atoms with E-state index < -0.39 is 12.0 Å². The van der Waals surface area contributed by atoms with Gasteiger partial charge in [-0.05, 0) is 6.42 Å². The number of quaternary nitrogens is 1. The van der Waals surface area contributed by atoms with E-state index in [-0.39, 0.29) is 0 Å². The Labute approximate surface area is 77.0 Å². The molecule has 0 rings (SSSR count). The van der Waals surface area contributed by atoms with Crippen molar-refractivity contribution in [1.82, 2.24) is 5.32 Å². The van der Waals surface area contributed by atoms with Crippen molar-refractivity contribution >= 4 is 11.9 Å². The Morgan fingerprint density at radius 2 is 2.38 bits per heavy atom. The number of nitrogens with zero attached hydrogens (tertiary/aromatic N) is 1. The minimum Gasteiger partial charge on any atom is -0.477 e. The van der Waals surface area contributed by atoms with Gasteiger partial charge in [-0.1, -0.05) is 0 Å². The first kappa shape index (κ1) is 11.7. The van der Waals surface area contributed by atoms with Crippen LogP contribution in [0.2, 0.25) is 0 Å². The summed E-state index contributed by atoms with van der Waals surface area (Å²) in [6, 6.07) is -0.540. The summed E-state index contributed by atoms with van der Waals surface area (Å²) in [5, 5.41) is 11.3. The number of hydrogen-bond donors (Lipinski definition) is 4. The van der Waals surface area contributed by atoms with Gasteiger partial charge >= 0.3 is 5.97 Å². The van der Waals surface area contributed by atoms with Crippen LogP contribution in [0.15, 0.2) is 4.99 Å². The molecule has 0 unspecified atom stereocenters. The molecule has 0 fully saturated rings. The van der Waals surface area contributed by atoms with Gasteiger partial charge in [0, 0.05) is 20.0 Å². The maximum Gasteiger partial charge on any atom is 0.362 e. The summed E-state index contributed by atoms with van der Waals surface area (Å²) in [5.74, 6) is -0.493. The molecule has 13 heavy (non-hydrogen) atoms. The van der Waals surface area contributed by atoms with E-state index in [0.717, 1.165) is 6.42 Å². The fraction of sp³-hybridized carbons (Fsp3) is 0.714. The van der Waals surface area contributed by atoms with Crippen molar-refractivity contribution in [3.05, 3.63) is 0 Å². The SMILES string of the molecule is CN=C(N)NCCC[C@@H]([NH3+])C(=O)O. The van der Waals surface area contributed by atoms with Crippen molar-refractivity contribution < 1.29 is 15.6 Å². The van der Waals surface area contributed by atoms with Crippen molar-refractivity contribution in [1.29, 1.82) is 0 Å². The maximum atomic E-state index is 10.4. The Hall–Kier alpha value is -1.30. The molecule has 0 amide bonds. The van der Waals surface area contributed by atoms with Gasteiger partial charge in [-0.15, -0.1) is 0 Å². The number of carboxylic acid groups (broad SMARTS) is 1. The molecule has 0 aromatic heterocycles. The fourth-order valence-electron chi connectivity index (χ4n) is 0.767. The molecule has 0 aliphatic heterocycles. The van der Waals surface area contributed by atoms with Gasteiger partial charge in [-0.2, -0.15) is 0 Å². The number of carboxylic acids is 1. The zero-order valence-corrected chi connectivity index (χ0v) is 7.79. The summed E-state index contributed by atoms with van der Waals surface area (Å²) in [5.41, 5.74) is 8.84. The average molecular weight is 189 g/mol. The Kier molecular flexibility index (Phi) is 5.62. The van der Waals surface area contributed by atoms with Crippen LogP contribution in [0.5, 0.6) is 0 Å². The number of carbonyl (C=O) groups is 1. The molecule has 7 N–H and O–H groups in total. The van der Waals surface area contributed by atoms with Gasteiger partial charge in [0.05, 0.1) is 0 Å². The minimum atomic E-state index is -0.864. The molecule has 0 saturated heterocycles. The van der Waals surface area contributed by atoms with Crippen molar-refractivity contribution in [3.8, 4) is 0 Å². The van der Waals surface area contributed by atoms with Crippen LogP contribution >= 0.6 is 0 Å². The highest BCUT2D eigenvalue weighted by molar-refractivity contribution is 5.77. The Balaban J connectivity index is 3.41. The summed E-state index contributed by atoms with van der Waals surface area (Å²) in [6.07, 6.45) is 1.26. The smallest absolute Gasteiger partial charge is 0.362 e. The summed E-state index contributed by atoms with van der Waals surface area (Å²) >= 11 is 0. The lowest BCUT2D eigenvalue weighted by molar-refractivity contribution is -0.409. The van der Waals surface area contributed by atoms with E-state index in [2.05, 4.69) is 16.0 Å². The number of nitrogens with one attached hydrogen (secondary N) is 1. The van der Waals surface area contributed by atoms with Gasteiger partial charge < -0.3 is 21.9 Å². The summed E-state index contributed by atoms with van der Waals surface area (Å²) < 4.78 is 0. The number of aliphatic carboxylic acids is 1. The molecule has 0 aliphatic rings. The van der Waals surface area contributed by atoms with Gasteiger partial charge in [0.2, 0.25) is 0 Å².